The smallest absolute Gasteiger partial charge is 0.241 e. The first kappa shape index (κ1) is 11.9. The average Bonchev–Trinajstić information content (AvgIpc) is 2.37. The Balaban J connectivity index is 2.32. The van der Waals surface area contributed by atoms with Gasteiger partial charge in [-0.05, 0) is 41.0 Å². The first-order valence-corrected chi connectivity index (χ1v) is 5.52. The fourth-order valence-corrected chi connectivity index (χ4v) is 1.65. The third kappa shape index (κ3) is 2.98. The van der Waals surface area contributed by atoms with E-state index in [0.29, 0.717) is 0 Å². The molecule has 0 fully saturated rings. The Bertz CT molecular complexity index is 586. The van der Waals surface area contributed by atoms with Gasteiger partial charge in [0, 0.05) is 6.08 Å². The van der Waals surface area contributed by atoms with Crippen LogP contribution < -0.4 is 5.73 Å². The van der Waals surface area contributed by atoms with Gasteiger partial charge in [0.15, 0.2) is 0 Å². The average molecular weight is 239 g/mol. The number of carbonyl (C=O) groups is 1. The zero-order chi connectivity index (χ0) is 13.0. The van der Waals surface area contributed by atoms with E-state index in [0.717, 1.165) is 16.7 Å². The number of rotatable bonds is 3. The second-order valence-corrected chi connectivity index (χ2v) is 3.91. The summed E-state index contributed by atoms with van der Waals surface area (Å²) >= 11 is 0. The Morgan fingerprint density at radius 3 is 2.44 bits per heavy atom. The van der Waals surface area contributed by atoms with Crippen molar-refractivity contribution in [3.8, 4) is 16.9 Å². The molecule has 0 heterocycles. The van der Waals surface area contributed by atoms with Gasteiger partial charge >= 0.3 is 0 Å². The van der Waals surface area contributed by atoms with Crippen LogP contribution in [0, 0.1) is 0 Å². The van der Waals surface area contributed by atoms with Gasteiger partial charge in [0.25, 0.3) is 0 Å². The third-order valence-electron chi connectivity index (χ3n) is 2.53. The second kappa shape index (κ2) is 5.19. The number of hydrogen-bond donors (Lipinski definition) is 2. The summed E-state index contributed by atoms with van der Waals surface area (Å²) in [5, 5.41) is 9.24. The van der Waals surface area contributed by atoms with Crippen molar-refractivity contribution in [2.75, 3.05) is 0 Å². The lowest BCUT2D eigenvalue weighted by molar-refractivity contribution is -0.113. The van der Waals surface area contributed by atoms with Gasteiger partial charge in [0.1, 0.15) is 5.75 Å². The van der Waals surface area contributed by atoms with Crippen molar-refractivity contribution in [1.82, 2.24) is 0 Å². The summed E-state index contributed by atoms with van der Waals surface area (Å²) in [6.07, 6.45) is 3.00. The van der Waals surface area contributed by atoms with E-state index in [4.69, 9.17) is 5.73 Å². The van der Waals surface area contributed by atoms with Crippen LogP contribution in [0.1, 0.15) is 5.56 Å². The zero-order valence-electron chi connectivity index (χ0n) is 9.71. The molecule has 0 bridgehead atoms. The molecule has 3 heteroatoms. The lowest BCUT2D eigenvalue weighted by Gasteiger charge is -2.03. The second-order valence-electron chi connectivity index (χ2n) is 3.91. The lowest BCUT2D eigenvalue weighted by atomic mass is 10.0. The van der Waals surface area contributed by atoms with Crippen LogP contribution in [0.4, 0.5) is 0 Å². The van der Waals surface area contributed by atoms with Gasteiger partial charge in [0.05, 0.1) is 0 Å². The van der Waals surface area contributed by atoms with Crippen molar-refractivity contribution >= 4 is 12.0 Å². The maximum absolute atomic E-state index is 10.7. The predicted octanol–water partition coefficient (Wildman–Crippen LogP) is 2.56. The van der Waals surface area contributed by atoms with Crippen molar-refractivity contribution in [2.24, 2.45) is 5.73 Å². The number of phenolic OH excluding ortho intramolecular Hbond substituents is 1. The first-order chi connectivity index (χ1) is 8.65. The Labute approximate surface area is 105 Å². The summed E-state index contributed by atoms with van der Waals surface area (Å²) in [5.74, 6) is -0.228. The molecule has 0 atom stereocenters. The maximum atomic E-state index is 10.7. The lowest BCUT2D eigenvalue weighted by Crippen LogP contribution is -2.05. The Hall–Kier alpha value is -2.55. The molecule has 0 saturated carbocycles. The molecule has 90 valence electrons. The topological polar surface area (TPSA) is 63.3 Å². The van der Waals surface area contributed by atoms with E-state index in [1.165, 1.54) is 6.08 Å². The van der Waals surface area contributed by atoms with Gasteiger partial charge in [-0.1, -0.05) is 30.3 Å². The van der Waals surface area contributed by atoms with Crippen molar-refractivity contribution in [2.45, 2.75) is 0 Å². The molecular weight excluding hydrogens is 226 g/mol. The van der Waals surface area contributed by atoms with Gasteiger partial charge in [0.2, 0.25) is 5.91 Å². The highest BCUT2D eigenvalue weighted by molar-refractivity contribution is 5.90. The van der Waals surface area contributed by atoms with Gasteiger partial charge in [-0.2, -0.15) is 0 Å². The highest BCUT2D eigenvalue weighted by atomic mass is 16.3. The van der Waals surface area contributed by atoms with Crippen LogP contribution in [0.25, 0.3) is 17.2 Å². The summed E-state index contributed by atoms with van der Waals surface area (Å²) in [7, 11) is 0. The fraction of sp³-hybridized carbons (Fsp3) is 0. The Morgan fingerprint density at radius 2 is 1.78 bits per heavy atom. The first-order valence-electron chi connectivity index (χ1n) is 5.52. The fourth-order valence-electron chi connectivity index (χ4n) is 1.65. The van der Waals surface area contributed by atoms with E-state index in [-0.39, 0.29) is 5.75 Å². The largest absolute Gasteiger partial charge is 0.508 e. The number of benzene rings is 2. The summed E-state index contributed by atoms with van der Waals surface area (Å²) in [5.41, 5.74) is 7.97. The van der Waals surface area contributed by atoms with Crippen LogP contribution in [-0.2, 0) is 4.79 Å². The molecule has 3 N–H and O–H groups in total. The predicted molar refractivity (Wildman–Crippen MR) is 71.8 cm³/mol. The maximum Gasteiger partial charge on any atom is 0.241 e. The molecule has 0 aliphatic rings. The minimum Gasteiger partial charge on any atom is -0.508 e. The Kier molecular flexibility index (Phi) is 3.44. The molecule has 2 aromatic carbocycles. The van der Waals surface area contributed by atoms with Crippen molar-refractivity contribution < 1.29 is 9.90 Å². The number of hydrogen-bond acceptors (Lipinski definition) is 2. The Morgan fingerprint density at radius 1 is 1.06 bits per heavy atom. The van der Waals surface area contributed by atoms with Crippen LogP contribution in [0.3, 0.4) is 0 Å². The van der Waals surface area contributed by atoms with Gasteiger partial charge < -0.3 is 10.8 Å². The molecule has 0 spiro atoms. The van der Waals surface area contributed by atoms with Gasteiger partial charge in [-0.3, -0.25) is 4.79 Å². The minimum atomic E-state index is -0.468. The minimum absolute atomic E-state index is 0.239. The number of nitrogens with two attached hydrogens (primary N) is 1. The standard InChI is InChI=1S/C15H13NO2/c16-15(18)9-4-11-2-1-3-13(10-11)12-5-7-14(17)8-6-12/h1-10,17H,(H2,16,18)/b9-4-. The molecule has 0 unspecified atom stereocenters. The van der Waals surface area contributed by atoms with E-state index in [1.54, 1.807) is 18.2 Å². The molecule has 0 radical (unpaired) electrons. The zero-order valence-corrected chi connectivity index (χ0v) is 9.71. The molecule has 0 aliphatic carbocycles. The summed E-state index contributed by atoms with van der Waals surface area (Å²) in [6, 6.07) is 14.7. The molecular formula is C15H13NO2. The van der Waals surface area contributed by atoms with Crippen molar-refractivity contribution in [3.05, 3.63) is 60.2 Å². The quantitative estimate of drug-likeness (QED) is 0.808. The van der Waals surface area contributed by atoms with Crippen molar-refractivity contribution in [1.29, 1.82) is 0 Å². The molecule has 0 saturated heterocycles. The van der Waals surface area contributed by atoms with E-state index >= 15 is 0 Å². The molecule has 2 aromatic rings. The summed E-state index contributed by atoms with van der Waals surface area (Å²) in [4.78, 5) is 10.7. The number of carbonyl (C=O) groups excluding carboxylic acids is 1. The number of amides is 1. The van der Waals surface area contributed by atoms with E-state index in [2.05, 4.69) is 0 Å². The van der Waals surface area contributed by atoms with E-state index in [9.17, 15) is 9.90 Å². The van der Waals surface area contributed by atoms with Gasteiger partial charge in [-0.15, -0.1) is 0 Å². The van der Waals surface area contributed by atoms with E-state index < -0.39 is 5.91 Å². The molecule has 2 rings (SSSR count). The van der Waals surface area contributed by atoms with Gasteiger partial charge in [-0.25, -0.2) is 0 Å². The number of primary amides is 1. The van der Waals surface area contributed by atoms with Crippen LogP contribution in [0.5, 0.6) is 5.75 Å². The summed E-state index contributed by atoms with van der Waals surface area (Å²) in [6.45, 7) is 0. The van der Waals surface area contributed by atoms with Crippen LogP contribution in [0.2, 0.25) is 0 Å². The van der Waals surface area contributed by atoms with Crippen LogP contribution >= 0.6 is 0 Å². The number of aromatic hydroxyl groups is 1. The van der Waals surface area contributed by atoms with Crippen molar-refractivity contribution in [3.63, 3.8) is 0 Å². The SMILES string of the molecule is NC(=O)/C=C\c1cccc(-c2ccc(O)cc2)c1. The molecule has 18 heavy (non-hydrogen) atoms. The van der Waals surface area contributed by atoms with Crippen LogP contribution in [0.15, 0.2) is 54.6 Å². The molecule has 3 nitrogen and oxygen atoms in total. The highest BCUT2D eigenvalue weighted by Crippen LogP contribution is 2.23. The monoisotopic (exact) mass is 239 g/mol. The third-order valence-corrected chi connectivity index (χ3v) is 2.53. The molecule has 1 amide bonds. The van der Waals surface area contributed by atoms with E-state index in [1.807, 2.05) is 36.4 Å². The number of phenols is 1. The molecule has 0 aliphatic heterocycles. The van der Waals surface area contributed by atoms with Crippen LogP contribution in [-0.4, -0.2) is 11.0 Å². The highest BCUT2D eigenvalue weighted by Gasteiger charge is 1.98. The normalized spacial score (nSPS) is 10.7. The molecule has 0 aromatic heterocycles. The summed E-state index contributed by atoms with van der Waals surface area (Å²) < 4.78 is 0.